The quantitative estimate of drug-likeness (QED) is 0.439. The molecule has 2 N–H and O–H groups in total. The lowest BCUT2D eigenvalue weighted by Crippen LogP contribution is -2.21. The van der Waals surface area contributed by atoms with Crippen LogP contribution in [0.4, 0.5) is 13.2 Å². The van der Waals surface area contributed by atoms with E-state index in [1.807, 2.05) is 42.7 Å². The highest BCUT2D eigenvalue weighted by Crippen LogP contribution is 2.18. The van der Waals surface area contributed by atoms with Gasteiger partial charge in [0.05, 0.1) is 0 Å². The highest BCUT2D eigenvalue weighted by Gasteiger charge is 2.38. The van der Waals surface area contributed by atoms with Gasteiger partial charge in [-0.15, -0.1) is 0 Å². The number of carboxylic acids is 1. The lowest BCUT2D eigenvalue weighted by Gasteiger charge is -2.16. The lowest BCUT2D eigenvalue weighted by atomic mass is 10.2. The number of aliphatic carboxylic acids is 1. The van der Waals surface area contributed by atoms with Crippen LogP contribution < -0.4 is 0 Å². The van der Waals surface area contributed by atoms with Crippen molar-refractivity contribution in [2.75, 3.05) is 7.05 Å². The molecule has 0 saturated heterocycles. The summed E-state index contributed by atoms with van der Waals surface area (Å²) >= 11 is 5.92. The molecule has 172 valence electrons. The molecule has 0 atom stereocenters. The van der Waals surface area contributed by atoms with Crippen LogP contribution in [0.3, 0.4) is 0 Å². The van der Waals surface area contributed by atoms with E-state index in [9.17, 15) is 13.2 Å². The third-order valence-electron chi connectivity index (χ3n) is 4.34. The Morgan fingerprint density at radius 3 is 2.18 bits per heavy atom. The second-order valence-electron chi connectivity index (χ2n) is 7.04. The van der Waals surface area contributed by atoms with Crippen molar-refractivity contribution in [2.45, 2.75) is 19.3 Å². The molecule has 2 heterocycles. The van der Waals surface area contributed by atoms with Crippen LogP contribution in [0, 0.1) is 0 Å². The summed E-state index contributed by atoms with van der Waals surface area (Å²) in [5.74, 6) is -2.06. The Morgan fingerprint density at radius 1 is 1.00 bits per heavy atom. The Morgan fingerprint density at radius 2 is 1.58 bits per heavy atom. The van der Waals surface area contributed by atoms with Crippen molar-refractivity contribution in [3.8, 4) is 11.4 Å². The van der Waals surface area contributed by atoms with Crippen molar-refractivity contribution >= 4 is 28.6 Å². The molecular formula is C21H18ClF3N6O2. The first-order valence-electron chi connectivity index (χ1n) is 9.47. The molecule has 0 aliphatic heterocycles. The van der Waals surface area contributed by atoms with Gasteiger partial charge in [-0.3, -0.25) is 4.90 Å². The van der Waals surface area contributed by atoms with Gasteiger partial charge in [0.1, 0.15) is 11.0 Å². The topological polar surface area (TPSA) is 108 Å². The van der Waals surface area contributed by atoms with Crippen LogP contribution in [-0.2, 0) is 17.9 Å². The van der Waals surface area contributed by atoms with Crippen LogP contribution in [0.25, 0.3) is 22.4 Å². The Kier molecular flexibility index (Phi) is 7.56. The maximum absolute atomic E-state index is 10.6. The average molecular weight is 479 g/mol. The van der Waals surface area contributed by atoms with E-state index >= 15 is 0 Å². The second kappa shape index (κ2) is 10.4. The van der Waals surface area contributed by atoms with Crippen molar-refractivity contribution in [3.63, 3.8) is 0 Å². The molecule has 0 spiro atoms. The van der Waals surface area contributed by atoms with Gasteiger partial charge in [-0.05, 0) is 49.0 Å². The smallest absolute Gasteiger partial charge is 0.475 e. The van der Waals surface area contributed by atoms with Crippen LogP contribution in [0.15, 0.2) is 54.9 Å². The fourth-order valence-corrected chi connectivity index (χ4v) is 2.97. The van der Waals surface area contributed by atoms with E-state index in [2.05, 4.69) is 49.5 Å². The zero-order valence-electron chi connectivity index (χ0n) is 17.2. The molecule has 0 unspecified atom stereocenters. The maximum Gasteiger partial charge on any atom is 0.490 e. The maximum atomic E-state index is 10.6. The van der Waals surface area contributed by atoms with Gasteiger partial charge in [0.25, 0.3) is 0 Å². The van der Waals surface area contributed by atoms with Gasteiger partial charge in [-0.1, -0.05) is 17.7 Å². The fraction of sp³-hybridized carbons (Fsp3) is 0.190. The van der Waals surface area contributed by atoms with E-state index in [1.165, 1.54) is 5.56 Å². The molecule has 0 fully saturated rings. The summed E-state index contributed by atoms with van der Waals surface area (Å²) in [6.45, 7) is 1.57. The molecule has 0 saturated carbocycles. The third-order valence-corrected chi connectivity index (χ3v) is 4.59. The molecule has 33 heavy (non-hydrogen) atoms. The van der Waals surface area contributed by atoms with Gasteiger partial charge in [-0.2, -0.15) is 28.6 Å². The predicted octanol–water partition coefficient (Wildman–Crippen LogP) is 4.33. The van der Waals surface area contributed by atoms with E-state index < -0.39 is 12.1 Å². The number of H-pyrrole nitrogens is 1. The summed E-state index contributed by atoms with van der Waals surface area (Å²) in [6.07, 6.45) is -1.34. The summed E-state index contributed by atoms with van der Waals surface area (Å²) in [7, 11) is 2.07. The van der Waals surface area contributed by atoms with E-state index in [1.54, 1.807) is 0 Å². The average Bonchev–Trinajstić information content (AvgIpc) is 3.22. The van der Waals surface area contributed by atoms with Crippen LogP contribution in [0.2, 0.25) is 5.02 Å². The molecular weight excluding hydrogens is 461 g/mol. The molecule has 8 nitrogen and oxygen atoms in total. The Bertz CT molecular complexity index is 1210. The zero-order chi connectivity index (χ0) is 24.0. The zero-order valence-corrected chi connectivity index (χ0v) is 18.0. The minimum absolute atomic E-state index is 0.699. The molecule has 4 aromatic rings. The minimum atomic E-state index is -5.08. The number of halogens is 4. The second-order valence-corrected chi connectivity index (χ2v) is 7.48. The summed E-state index contributed by atoms with van der Waals surface area (Å²) in [5, 5.41) is 18.7. The lowest BCUT2D eigenvalue weighted by molar-refractivity contribution is -0.192. The highest BCUT2D eigenvalue weighted by molar-refractivity contribution is 6.30. The van der Waals surface area contributed by atoms with E-state index in [-0.39, 0.29) is 0 Å². The minimum Gasteiger partial charge on any atom is -0.475 e. The number of benzene rings is 2. The van der Waals surface area contributed by atoms with Gasteiger partial charge in [-0.25, -0.2) is 14.8 Å². The fourth-order valence-electron chi connectivity index (χ4n) is 2.85. The Labute approximate surface area is 191 Å². The monoisotopic (exact) mass is 478 g/mol. The van der Waals surface area contributed by atoms with Gasteiger partial charge in [0.2, 0.25) is 0 Å². The largest absolute Gasteiger partial charge is 0.490 e. The number of aromatic amines is 1. The molecule has 0 aliphatic rings. The number of alkyl halides is 3. The number of nitrogens with one attached hydrogen (secondary N) is 1. The third kappa shape index (κ3) is 6.96. The van der Waals surface area contributed by atoms with Gasteiger partial charge >= 0.3 is 12.1 Å². The normalized spacial score (nSPS) is 11.3. The summed E-state index contributed by atoms with van der Waals surface area (Å²) in [5.41, 5.74) is 4.96. The SMILES string of the molecule is CN(Cc1cnc(-c2ccc(Cl)cc2)nc1)Cc1ccc2n[nH]nc2c1.O=C(O)C(F)(F)F. The molecule has 0 bridgehead atoms. The summed E-state index contributed by atoms with van der Waals surface area (Å²) in [4.78, 5) is 20.0. The summed E-state index contributed by atoms with van der Waals surface area (Å²) < 4.78 is 31.7. The van der Waals surface area contributed by atoms with Crippen molar-refractivity contribution in [2.24, 2.45) is 0 Å². The first-order chi connectivity index (χ1) is 15.6. The van der Waals surface area contributed by atoms with Crippen LogP contribution in [-0.4, -0.2) is 54.6 Å². The molecule has 0 radical (unpaired) electrons. The predicted molar refractivity (Wildman–Crippen MR) is 115 cm³/mol. The first kappa shape index (κ1) is 24.1. The number of carboxylic acid groups (broad SMARTS) is 1. The van der Waals surface area contributed by atoms with Gasteiger partial charge < -0.3 is 5.11 Å². The van der Waals surface area contributed by atoms with E-state index in [4.69, 9.17) is 21.5 Å². The molecule has 4 rings (SSSR count). The highest BCUT2D eigenvalue weighted by atomic mass is 35.5. The van der Waals surface area contributed by atoms with Crippen LogP contribution in [0.1, 0.15) is 11.1 Å². The molecule has 0 aliphatic carbocycles. The number of nitrogens with zero attached hydrogens (tertiary/aromatic N) is 5. The number of fused-ring (bicyclic) bond motifs is 1. The van der Waals surface area contributed by atoms with Crippen LogP contribution >= 0.6 is 11.6 Å². The Hall–Kier alpha value is -3.57. The number of hydrogen-bond donors (Lipinski definition) is 2. The van der Waals surface area contributed by atoms with E-state index in [0.717, 1.165) is 35.2 Å². The molecule has 12 heteroatoms. The van der Waals surface area contributed by atoms with Crippen molar-refractivity contribution < 1.29 is 23.1 Å². The number of rotatable bonds is 5. The number of carbonyl (C=O) groups is 1. The number of aromatic nitrogens is 5. The van der Waals surface area contributed by atoms with Crippen molar-refractivity contribution in [3.05, 3.63) is 71.0 Å². The molecule has 2 aromatic carbocycles. The molecule has 0 amide bonds. The van der Waals surface area contributed by atoms with Crippen LogP contribution in [0.5, 0.6) is 0 Å². The van der Waals surface area contributed by atoms with E-state index in [0.29, 0.717) is 10.8 Å². The first-order valence-corrected chi connectivity index (χ1v) is 9.84. The number of hydrogen-bond acceptors (Lipinski definition) is 6. The van der Waals surface area contributed by atoms with Crippen molar-refractivity contribution in [1.82, 2.24) is 30.3 Å². The standard InChI is InChI=1S/C19H17ClN6.C2HF3O2/c1-26(11-13-2-7-17-18(8-13)24-25-23-17)12-14-9-21-19(22-10-14)15-3-5-16(20)6-4-15;3-2(4,5)1(6)7/h2-10H,11-12H2,1H3,(H,23,24,25);(H,6,7). The Balaban J connectivity index is 0.000000383. The van der Waals surface area contributed by atoms with Gasteiger partial charge in [0, 0.05) is 41.6 Å². The van der Waals surface area contributed by atoms with Gasteiger partial charge in [0.15, 0.2) is 5.82 Å². The summed E-state index contributed by atoms with van der Waals surface area (Å²) in [6, 6.07) is 13.6. The van der Waals surface area contributed by atoms with Crippen molar-refractivity contribution in [1.29, 1.82) is 0 Å². The molecule has 2 aromatic heterocycles.